The van der Waals surface area contributed by atoms with Crippen molar-refractivity contribution in [1.82, 2.24) is 0 Å². The zero-order valence-corrected chi connectivity index (χ0v) is 17.2. The zero-order valence-electron chi connectivity index (χ0n) is 17.2. The standard InChI is InChI=1S/C23H24N2O5/c1-5-12-25-18-13-17(10-11-19(18)30-14-23(2,3)22(25)28)24-20(26)15-6-8-16(9-7-15)21(27)29-4/h5-11,13H,1,12,14H2,2-4H3,(H,24,26). The second kappa shape index (κ2) is 8.41. The number of nitrogens with zero attached hydrogens (tertiary/aromatic N) is 1. The van der Waals surface area contributed by atoms with E-state index in [1.54, 1.807) is 41.3 Å². The van der Waals surface area contributed by atoms with E-state index < -0.39 is 11.4 Å². The molecule has 2 aromatic carbocycles. The Morgan fingerprint density at radius 1 is 1.20 bits per heavy atom. The van der Waals surface area contributed by atoms with Crippen LogP contribution in [0.4, 0.5) is 11.4 Å². The smallest absolute Gasteiger partial charge is 0.337 e. The minimum Gasteiger partial charge on any atom is -0.490 e. The summed E-state index contributed by atoms with van der Waals surface area (Å²) in [6.07, 6.45) is 1.65. The van der Waals surface area contributed by atoms with E-state index in [1.807, 2.05) is 13.8 Å². The largest absolute Gasteiger partial charge is 0.490 e. The lowest BCUT2D eigenvalue weighted by atomic mass is 9.93. The topological polar surface area (TPSA) is 84.9 Å². The zero-order chi connectivity index (χ0) is 21.9. The Balaban J connectivity index is 1.86. The van der Waals surface area contributed by atoms with Crippen LogP contribution in [0.2, 0.25) is 0 Å². The Hall–Kier alpha value is -3.61. The number of carbonyl (C=O) groups is 3. The summed E-state index contributed by atoms with van der Waals surface area (Å²) in [5.41, 5.74) is 1.14. The maximum absolute atomic E-state index is 13.0. The molecule has 0 bridgehead atoms. The fraction of sp³-hybridized carbons (Fsp3) is 0.261. The van der Waals surface area contributed by atoms with Crippen LogP contribution >= 0.6 is 0 Å². The lowest BCUT2D eigenvalue weighted by Gasteiger charge is -2.27. The third kappa shape index (κ3) is 4.20. The highest BCUT2D eigenvalue weighted by Gasteiger charge is 2.37. The molecular formula is C23H24N2O5. The first-order valence-electron chi connectivity index (χ1n) is 9.46. The number of rotatable bonds is 5. The lowest BCUT2D eigenvalue weighted by Crippen LogP contribution is -2.42. The van der Waals surface area contributed by atoms with Gasteiger partial charge in [0.2, 0.25) is 5.91 Å². The van der Waals surface area contributed by atoms with Crippen molar-refractivity contribution >= 4 is 29.2 Å². The van der Waals surface area contributed by atoms with Gasteiger partial charge in [-0.1, -0.05) is 6.08 Å². The van der Waals surface area contributed by atoms with Crippen molar-refractivity contribution in [3.8, 4) is 5.75 Å². The average molecular weight is 408 g/mol. The van der Waals surface area contributed by atoms with Crippen LogP contribution in [-0.4, -0.2) is 38.0 Å². The minimum absolute atomic E-state index is 0.0805. The first kappa shape index (κ1) is 21.1. The number of carbonyl (C=O) groups excluding carboxylic acids is 3. The van der Waals surface area contributed by atoms with Crippen LogP contribution in [0.5, 0.6) is 5.75 Å². The number of anilines is 2. The molecule has 7 nitrogen and oxygen atoms in total. The predicted molar refractivity (Wildman–Crippen MR) is 114 cm³/mol. The van der Waals surface area contributed by atoms with Crippen LogP contribution in [0.3, 0.4) is 0 Å². The summed E-state index contributed by atoms with van der Waals surface area (Å²) in [5, 5.41) is 2.82. The third-order valence-electron chi connectivity index (χ3n) is 4.80. The molecule has 2 aromatic rings. The molecule has 30 heavy (non-hydrogen) atoms. The summed E-state index contributed by atoms with van der Waals surface area (Å²) in [4.78, 5) is 38.7. The lowest BCUT2D eigenvalue weighted by molar-refractivity contribution is -0.127. The van der Waals surface area contributed by atoms with Gasteiger partial charge in [-0.25, -0.2) is 4.79 Å². The SMILES string of the molecule is C=CCN1C(=O)C(C)(C)COc2ccc(NC(=O)c3ccc(C(=O)OC)cc3)cc21. The Kier molecular flexibility index (Phi) is 5.91. The van der Waals surface area contributed by atoms with Crippen LogP contribution in [0.25, 0.3) is 0 Å². The molecule has 7 heteroatoms. The van der Waals surface area contributed by atoms with Gasteiger partial charge in [-0.15, -0.1) is 6.58 Å². The molecule has 1 aliphatic rings. The van der Waals surface area contributed by atoms with Crippen LogP contribution < -0.4 is 15.0 Å². The molecule has 1 aliphatic heterocycles. The highest BCUT2D eigenvalue weighted by molar-refractivity contribution is 6.06. The number of esters is 1. The monoisotopic (exact) mass is 408 g/mol. The molecule has 2 amide bonds. The van der Waals surface area contributed by atoms with Gasteiger partial charge in [0.1, 0.15) is 12.4 Å². The maximum Gasteiger partial charge on any atom is 0.337 e. The van der Waals surface area contributed by atoms with Gasteiger partial charge in [0.25, 0.3) is 5.91 Å². The van der Waals surface area contributed by atoms with Crippen molar-refractivity contribution < 1.29 is 23.9 Å². The molecular weight excluding hydrogens is 384 g/mol. The first-order valence-corrected chi connectivity index (χ1v) is 9.46. The van der Waals surface area contributed by atoms with Gasteiger partial charge in [-0.05, 0) is 56.3 Å². The minimum atomic E-state index is -0.688. The van der Waals surface area contributed by atoms with Gasteiger partial charge >= 0.3 is 5.97 Å². The second-order valence-corrected chi connectivity index (χ2v) is 7.58. The van der Waals surface area contributed by atoms with E-state index in [1.165, 1.54) is 19.2 Å². The number of nitrogens with one attached hydrogen (secondary N) is 1. The number of fused-ring (bicyclic) bond motifs is 1. The van der Waals surface area contributed by atoms with E-state index in [0.29, 0.717) is 34.8 Å². The number of ether oxygens (including phenoxy) is 2. The molecule has 0 spiro atoms. The number of benzene rings is 2. The predicted octanol–water partition coefficient (Wildman–Crippen LogP) is 3.66. The van der Waals surface area contributed by atoms with E-state index in [0.717, 1.165) is 0 Å². The van der Waals surface area contributed by atoms with Gasteiger partial charge < -0.3 is 19.7 Å². The van der Waals surface area contributed by atoms with Gasteiger partial charge in [0.15, 0.2) is 0 Å². The molecule has 156 valence electrons. The van der Waals surface area contributed by atoms with Crippen molar-refractivity contribution in [2.75, 3.05) is 30.5 Å². The molecule has 0 radical (unpaired) electrons. The number of hydrogen-bond donors (Lipinski definition) is 1. The summed E-state index contributed by atoms with van der Waals surface area (Å²) in [5.74, 6) is -0.329. The van der Waals surface area contributed by atoms with E-state index >= 15 is 0 Å². The number of amides is 2. The van der Waals surface area contributed by atoms with E-state index in [9.17, 15) is 14.4 Å². The normalized spacial score (nSPS) is 14.8. The Bertz CT molecular complexity index is 995. The van der Waals surface area contributed by atoms with Crippen molar-refractivity contribution in [1.29, 1.82) is 0 Å². The Morgan fingerprint density at radius 3 is 2.50 bits per heavy atom. The van der Waals surface area contributed by atoms with Crippen molar-refractivity contribution in [2.24, 2.45) is 5.41 Å². The molecule has 0 saturated carbocycles. The van der Waals surface area contributed by atoms with Gasteiger partial charge in [0, 0.05) is 17.8 Å². The molecule has 0 saturated heterocycles. The van der Waals surface area contributed by atoms with Gasteiger partial charge in [0.05, 0.1) is 23.8 Å². The quantitative estimate of drug-likeness (QED) is 0.603. The molecule has 0 atom stereocenters. The Labute approximate surface area is 175 Å². The van der Waals surface area contributed by atoms with Crippen molar-refractivity contribution in [3.05, 3.63) is 66.2 Å². The molecule has 1 N–H and O–H groups in total. The fourth-order valence-corrected chi connectivity index (χ4v) is 3.11. The average Bonchev–Trinajstić information content (AvgIpc) is 2.83. The highest BCUT2D eigenvalue weighted by atomic mass is 16.5. The molecule has 1 heterocycles. The van der Waals surface area contributed by atoms with Gasteiger partial charge in [-0.3, -0.25) is 9.59 Å². The summed E-state index contributed by atoms with van der Waals surface area (Å²) < 4.78 is 10.5. The summed E-state index contributed by atoms with van der Waals surface area (Å²) >= 11 is 0. The molecule has 3 rings (SSSR count). The van der Waals surface area contributed by atoms with Crippen LogP contribution in [0, 0.1) is 5.41 Å². The van der Waals surface area contributed by atoms with Crippen LogP contribution in [0.1, 0.15) is 34.6 Å². The number of hydrogen-bond acceptors (Lipinski definition) is 5. The van der Waals surface area contributed by atoms with Crippen LogP contribution in [0.15, 0.2) is 55.1 Å². The second-order valence-electron chi connectivity index (χ2n) is 7.58. The van der Waals surface area contributed by atoms with E-state index in [4.69, 9.17) is 4.74 Å². The van der Waals surface area contributed by atoms with E-state index in [-0.39, 0.29) is 18.4 Å². The first-order chi connectivity index (χ1) is 14.3. The van der Waals surface area contributed by atoms with Gasteiger partial charge in [-0.2, -0.15) is 0 Å². The fourth-order valence-electron chi connectivity index (χ4n) is 3.11. The molecule has 0 fully saturated rings. The number of methoxy groups -OCH3 is 1. The summed E-state index contributed by atoms with van der Waals surface area (Å²) in [7, 11) is 1.30. The molecule has 0 unspecified atom stereocenters. The van der Waals surface area contributed by atoms with Crippen LogP contribution in [-0.2, 0) is 9.53 Å². The maximum atomic E-state index is 13.0. The molecule has 0 aliphatic carbocycles. The molecule has 0 aromatic heterocycles. The Morgan fingerprint density at radius 2 is 1.87 bits per heavy atom. The van der Waals surface area contributed by atoms with Crippen molar-refractivity contribution in [3.63, 3.8) is 0 Å². The van der Waals surface area contributed by atoms with E-state index in [2.05, 4.69) is 16.6 Å². The summed E-state index contributed by atoms with van der Waals surface area (Å²) in [6.45, 7) is 7.98. The van der Waals surface area contributed by atoms with Crippen molar-refractivity contribution in [2.45, 2.75) is 13.8 Å². The summed E-state index contributed by atoms with van der Waals surface area (Å²) in [6, 6.07) is 11.3. The highest BCUT2D eigenvalue weighted by Crippen LogP contribution is 2.38. The third-order valence-corrected chi connectivity index (χ3v) is 4.80.